The Hall–Kier alpha value is -3.28. The summed E-state index contributed by atoms with van der Waals surface area (Å²) in [5.41, 5.74) is 4.85. The van der Waals surface area contributed by atoms with E-state index in [4.69, 9.17) is 9.84 Å². The maximum absolute atomic E-state index is 13.0. The monoisotopic (exact) mass is 374 g/mol. The van der Waals surface area contributed by atoms with Crippen molar-refractivity contribution in [1.82, 2.24) is 9.78 Å². The fourth-order valence-corrected chi connectivity index (χ4v) is 3.03. The number of aliphatic carboxylic acids is 1. The first kappa shape index (κ1) is 19.5. The highest BCUT2D eigenvalue weighted by Crippen LogP contribution is 2.22. The van der Waals surface area contributed by atoms with Crippen LogP contribution in [0.2, 0.25) is 0 Å². The molecular weight excluding hydrogens is 354 g/mol. The van der Waals surface area contributed by atoms with Gasteiger partial charge in [-0.05, 0) is 24.1 Å². The third kappa shape index (κ3) is 4.17. The zero-order valence-corrected chi connectivity index (χ0v) is 16.1. The molecule has 1 heterocycles. The number of rotatable bonds is 7. The molecule has 0 aliphatic rings. The molecule has 140 valence electrons. The lowest BCUT2D eigenvalue weighted by atomic mass is 9.92. The number of hydrogen-bond donors (Lipinski definition) is 1. The summed E-state index contributed by atoms with van der Waals surface area (Å²) in [5, 5.41) is 13.2. The van der Waals surface area contributed by atoms with Crippen LogP contribution in [0.3, 0.4) is 0 Å². The highest BCUT2D eigenvalue weighted by Gasteiger charge is 2.18. The van der Waals surface area contributed by atoms with E-state index in [9.17, 15) is 9.59 Å². The number of benzene rings is 2. The summed E-state index contributed by atoms with van der Waals surface area (Å²) in [5.74, 6) is -1.12. The molecule has 0 radical (unpaired) electrons. The van der Waals surface area contributed by atoms with Gasteiger partial charge in [0.15, 0.2) is 12.4 Å². The zero-order chi connectivity index (χ0) is 20.3. The van der Waals surface area contributed by atoms with E-state index in [0.717, 1.165) is 23.1 Å². The van der Waals surface area contributed by atoms with Gasteiger partial charge in [0.1, 0.15) is 21.4 Å². The molecular formula is C20H20B2N2O4. The zero-order valence-electron chi connectivity index (χ0n) is 16.1. The van der Waals surface area contributed by atoms with Crippen LogP contribution in [-0.2, 0) is 11.2 Å². The highest BCUT2D eigenvalue weighted by atomic mass is 16.5. The Kier molecular flexibility index (Phi) is 5.68. The average molecular weight is 374 g/mol. The standard InChI is InChI=1S/C20H20B2N2O4/c1-2-12-7-14(21)3-5-17(12)24-10-13(9-23-24)20(27)16-8-15(22)4-6-18(16)28-11-19(25)26/h3-10H,2,11,21-22H2,1H3,(H,25,26). The van der Waals surface area contributed by atoms with E-state index in [0.29, 0.717) is 11.1 Å². The second-order valence-electron chi connectivity index (χ2n) is 6.67. The van der Waals surface area contributed by atoms with E-state index in [1.807, 2.05) is 27.8 Å². The Morgan fingerprint density at radius 3 is 2.57 bits per heavy atom. The van der Waals surface area contributed by atoms with Crippen molar-refractivity contribution in [2.24, 2.45) is 0 Å². The van der Waals surface area contributed by atoms with E-state index >= 15 is 0 Å². The van der Waals surface area contributed by atoms with Crippen LogP contribution in [-0.4, -0.2) is 48.9 Å². The molecule has 3 aromatic rings. The van der Waals surface area contributed by atoms with Gasteiger partial charge in [0.05, 0.1) is 23.0 Å². The molecule has 0 spiro atoms. The number of carboxylic acid groups (broad SMARTS) is 1. The van der Waals surface area contributed by atoms with E-state index in [-0.39, 0.29) is 11.5 Å². The number of ketones is 1. The molecule has 28 heavy (non-hydrogen) atoms. The summed E-state index contributed by atoms with van der Waals surface area (Å²) in [6.45, 7) is 1.57. The van der Waals surface area contributed by atoms with Crippen LogP contribution in [0.25, 0.3) is 5.69 Å². The summed E-state index contributed by atoms with van der Waals surface area (Å²) in [6.07, 6.45) is 4.06. The molecule has 6 nitrogen and oxygen atoms in total. The molecule has 0 amide bonds. The Balaban J connectivity index is 1.95. The summed E-state index contributed by atoms with van der Waals surface area (Å²) in [7, 11) is 3.90. The van der Waals surface area contributed by atoms with Crippen LogP contribution in [0.5, 0.6) is 5.75 Å². The van der Waals surface area contributed by atoms with Gasteiger partial charge in [0.25, 0.3) is 0 Å². The molecule has 1 aromatic heterocycles. The number of carboxylic acids is 1. The van der Waals surface area contributed by atoms with Crippen LogP contribution in [0.15, 0.2) is 48.8 Å². The first-order chi connectivity index (χ1) is 13.4. The lowest BCUT2D eigenvalue weighted by molar-refractivity contribution is -0.139. The fourth-order valence-electron chi connectivity index (χ4n) is 3.03. The van der Waals surface area contributed by atoms with Crippen LogP contribution in [0, 0.1) is 0 Å². The summed E-state index contributed by atoms with van der Waals surface area (Å²) >= 11 is 0. The van der Waals surface area contributed by atoms with Crippen molar-refractivity contribution in [1.29, 1.82) is 0 Å². The van der Waals surface area contributed by atoms with Crippen molar-refractivity contribution in [2.45, 2.75) is 13.3 Å². The average Bonchev–Trinajstić information content (AvgIpc) is 3.16. The Bertz CT molecular complexity index is 1050. The van der Waals surface area contributed by atoms with Crippen molar-refractivity contribution in [3.05, 3.63) is 65.5 Å². The Morgan fingerprint density at radius 1 is 1.14 bits per heavy atom. The van der Waals surface area contributed by atoms with Gasteiger partial charge >= 0.3 is 5.97 Å². The Labute approximate surface area is 165 Å². The largest absolute Gasteiger partial charge is 0.481 e. The minimum Gasteiger partial charge on any atom is -0.481 e. The van der Waals surface area contributed by atoms with Gasteiger partial charge in [-0.25, -0.2) is 9.48 Å². The van der Waals surface area contributed by atoms with Gasteiger partial charge in [-0.3, -0.25) is 4.79 Å². The first-order valence-corrected chi connectivity index (χ1v) is 9.03. The summed E-state index contributed by atoms with van der Waals surface area (Å²) in [4.78, 5) is 23.8. The smallest absolute Gasteiger partial charge is 0.341 e. The van der Waals surface area contributed by atoms with Gasteiger partial charge in [-0.2, -0.15) is 5.10 Å². The first-order valence-electron chi connectivity index (χ1n) is 9.03. The van der Waals surface area contributed by atoms with E-state index < -0.39 is 12.6 Å². The van der Waals surface area contributed by atoms with Gasteiger partial charge in [-0.15, -0.1) is 0 Å². The van der Waals surface area contributed by atoms with Gasteiger partial charge in [0.2, 0.25) is 0 Å². The molecule has 8 heteroatoms. The molecule has 0 unspecified atom stereocenters. The number of ether oxygens (including phenoxy) is 1. The molecule has 1 N–H and O–H groups in total. The van der Waals surface area contributed by atoms with Gasteiger partial charge < -0.3 is 9.84 Å². The third-order valence-electron chi connectivity index (χ3n) is 4.44. The van der Waals surface area contributed by atoms with E-state index in [2.05, 4.69) is 18.1 Å². The van der Waals surface area contributed by atoms with Crippen molar-refractivity contribution in [3.8, 4) is 11.4 Å². The molecule has 0 saturated heterocycles. The molecule has 2 aromatic carbocycles. The maximum Gasteiger partial charge on any atom is 0.341 e. The predicted molar refractivity (Wildman–Crippen MR) is 112 cm³/mol. The van der Waals surface area contributed by atoms with Crippen molar-refractivity contribution in [2.75, 3.05) is 6.61 Å². The number of carbonyl (C=O) groups is 2. The molecule has 0 atom stereocenters. The molecule has 3 rings (SSSR count). The van der Waals surface area contributed by atoms with Crippen LogP contribution >= 0.6 is 0 Å². The van der Waals surface area contributed by atoms with Crippen LogP contribution < -0.4 is 15.7 Å². The summed E-state index contributed by atoms with van der Waals surface area (Å²) < 4.78 is 6.98. The van der Waals surface area contributed by atoms with Crippen molar-refractivity contribution in [3.63, 3.8) is 0 Å². The lowest BCUT2D eigenvalue weighted by Crippen LogP contribution is -2.15. The number of aromatic nitrogens is 2. The molecule has 0 aliphatic heterocycles. The van der Waals surface area contributed by atoms with Crippen molar-refractivity contribution < 1.29 is 19.4 Å². The highest BCUT2D eigenvalue weighted by molar-refractivity contribution is 6.33. The quantitative estimate of drug-likeness (QED) is 0.452. The normalized spacial score (nSPS) is 10.6. The Morgan fingerprint density at radius 2 is 1.86 bits per heavy atom. The number of hydrogen-bond acceptors (Lipinski definition) is 4. The molecule has 0 fully saturated rings. The second-order valence-corrected chi connectivity index (χ2v) is 6.67. The van der Waals surface area contributed by atoms with Gasteiger partial charge in [-0.1, -0.05) is 42.1 Å². The molecule has 0 bridgehead atoms. The molecule has 0 aliphatic carbocycles. The minimum atomic E-state index is -1.10. The number of aryl methyl sites for hydroxylation is 1. The predicted octanol–water partition coefficient (Wildman–Crippen LogP) is -0.354. The fraction of sp³-hybridized carbons (Fsp3) is 0.150. The van der Waals surface area contributed by atoms with Crippen LogP contribution in [0.4, 0.5) is 0 Å². The lowest BCUT2D eigenvalue weighted by Gasteiger charge is -2.10. The molecule has 0 saturated carbocycles. The topological polar surface area (TPSA) is 81.4 Å². The summed E-state index contributed by atoms with van der Waals surface area (Å²) in [6, 6.07) is 11.2. The van der Waals surface area contributed by atoms with E-state index in [1.54, 1.807) is 29.1 Å². The van der Waals surface area contributed by atoms with Crippen molar-refractivity contribution >= 4 is 38.4 Å². The number of nitrogens with zero attached hydrogens (tertiary/aromatic N) is 2. The second kappa shape index (κ2) is 8.17. The van der Waals surface area contributed by atoms with E-state index in [1.165, 1.54) is 11.7 Å². The van der Waals surface area contributed by atoms with Crippen LogP contribution in [0.1, 0.15) is 28.4 Å². The SMILES string of the molecule is Bc1ccc(-n2cc(C(=O)c3cc(B)ccc3OCC(=O)O)cn2)c(CC)c1. The maximum atomic E-state index is 13.0. The minimum absolute atomic E-state index is 0.246. The van der Waals surface area contributed by atoms with Gasteiger partial charge in [0, 0.05) is 6.20 Å². The third-order valence-corrected chi connectivity index (χ3v) is 4.44. The number of carbonyl (C=O) groups excluding carboxylic acids is 1.